The van der Waals surface area contributed by atoms with Gasteiger partial charge in [0.25, 0.3) is 11.8 Å². The molecular weight excluding hydrogens is 352 g/mol. The number of hydrogen-bond donors (Lipinski definition) is 0. The minimum Gasteiger partial charge on any atom is -0.324 e. The highest BCUT2D eigenvalue weighted by Gasteiger charge is 2.53. The number of hydrogen-bond acceptors (Lipinski definition) is 4. The van der Waals surface area contributed by atoms with Gasteiger partial charge >= 0.3 is 0 Å². The number of aryl methyl sites for hydroxylation is 3. The summed E-state index contributed by atoms with van der Waals surface area (Å²) in [5, 5.41) is 0. The molecule has 1 unspecified atom stereocenters. The molecule has 1 aromatic carbocycles. The van der Waals surface area contributed by atoms with E-state index in [1.807, 2.05) is 49.9 Å². The minimum atomic E-state index is -0.755. The zero-order valence-corrected chi connectivity index (χ0v) is 16.7. The first-order chi connectivity index (χ1) is 13.4. The number of anilines is 1. The highest BCUT2D eigenvalue weighted by molar-refractivity contribution is 6.06. The SMILES string of the molecule is Cc1ccc(N2CCCC3(CCCN3C(=O)c3c(C)ncnc3C)C2=O)cc1. The Hall–Kier alpha value is -2.76. The molecule has 2 aliphatic heterocycles. The average Bonchev–Trinajstić information content (AvgIpc) is 3.09. The molecule has 0 aliphatic carbocycles. The second-order valence-electron chi connectivity index (χ2n) is 7.91. The lowest BCUT2D eigenvalue weighted by molar-refractivity contribution is -0.130. The van der Waals surface area contributed by atoms with Crippen molar-refractivity contribution >= 4 is 17.5 Å². The van der Waals surface area contributed by atoms with E-state index < -0.39 is 5.54 Å². The number of rotatable bonds is 2. The van der Waals surface area contributed by atoms with E-state index in [-0.39, 0.29) is 11.8 Å². The summed E-state index contributed by atoms with van der Waals surface area (Å²) in [5.41, 5.74) is 3.18. The largest absolute Gasteiger partial charge is 0.324 e. The van der Waals surface area contributed by atoms with Crippen LogP contribution < -0.4 is 4.90 Å². The van der Waals surface area contributed by atoms with Crippen LogP contribution in [-0.2, 0) is 4.79 Å². The molecule has 4 rings (SSSR count). The molecule has 146 valence electrons. The van der Waals surface area contributed by atoms with Crippen LogP contribution in [0.1, 0.15) is 53.0 Å². The molecule has 2 saturated heterocycles. The van der Waals surface area contributed by atoms with Gasteiger partial charge in [-0.3, -0.25) is 9.59 Å². The third kappa shape index (κ3) is 2.87. The van der Waals surface area contributed by atoms with Crippen LogP contribution in [0, 0.1) is 20.8 Å². The van der Waals surface area contributed by atoms with Gasteiger partial charge in [0.05, 0.1) is 17.0 Å². The van der Waals surface area contributed by atoms with Gasteiger partial charge in [-0.2, -0.15) is 0 Å². The van der Waals surface area contributed by atoms with Gasteiger partial charge in [-0.25, -0.2) is 9.97 Å². The normalized spacial score (nSPS) is 22.2. The molecule has 6 heteroatoms. The van der Waals surface area contributed by atoms with Crippen LogP contribution in [0.2, 0.25) is 0 Å². The topological polar surface area (TPSA) is 66.4 Å². The van der Waals surface area contributed by atoms with Crippen LogP contribution in [0.4, 0.5) is 5.69 Å². The van der Waals surface area contributed by atoms with Gasteiger partial charge < -0.3 is 9.80 Å². The highest BCUT2D eigenvalue weighted by Crippen LogP contribution is 2.40. The van der Waals surface area contributed by atoms with Crippen molar-refractivity contribution < 1.29 is 9.59 Å². The molecule has 1 aromatic heterocycles. The average molecular weight is 378 g/mol. The second kappa shape index (κ2) is 7.00. The van der Waals surface area contributed by atoms with Gasteiger partial charge in [0, 0.05) is 18.8 Å². The summed E-state index contributed by atoms with van der Waals surface area (Å²) >= 11 is 0. The smallest absolute Gasteiger partial charge is 0.258 e. The summed E-state index contributed by atoms with van der Waals surface area (Å²) in [7, 11) is 0. The monoisotopic (exact) mass is 378 g/mol. The van der Waals surface area contributed by atoms with Crippen molar-refractivity contribution in [2.75, 3.05) is 18.0 Å². The first-order valence-corrected chi connectivity index (χ1v) is 9.93. The van der Waals surface area contributed by atoms with E-state index in [9.17, 15) is 9.59 Å². The van der Waals surface area contributed by atoms with Crippen molar-refractivity contribution in [2.24, 2.45) is 0 Å². The molecule has 2 fully saturated rings. The van der Waals surface area contributed by atoms with Crippen LogP contribution in [0.15, 0.2) is 30.6 Å². The molecule has 1 atom stereocenters. The number of carbonyl (C=O) groups is 2. The number of amides is 2. The van der Waals surface area contributed by atoms with Crippen molar-refractivity contribution in [1.82, 2.24) is 14.9 Å². The second-order valence-corrected chi connectivity index (χ2v) is 7.91. The Labute approximate surface area is 165 Å². The first kappa shape index (κ1) is 18.6. The van der Waals surface area contributed by atoms with Crippen molar-refractivity contribution in [1.29, 1.82) is 0 Å². The zero-order chi connectivity index (χ0) is 19.9. The van der Waals surface area contributed by atoms with Gasteiger partial charge in [0.15, 0.2) is 0 Å². The molecule has 2 aliphatic rings. The number of benzene rings is 1. The molecule has 28 heavy (non-hydrogen) atoms. The molecule has 6 nitrogen and oxygen atoms in total. The molecule has 0 radical (unpaired) electrons. The molecule has 1 spiro atoms. The Balaban J connectivity index is 1.70. The van der Waals surface area contributed by atoms with E-state index in [1.165, 1.54) is 6.33 Å². The summed E-state index contributed by atoms with van der Waals surface area (Å²) in [4.78, 5) is 39.2. The van der Waals surface area contributed by atoms with Gasteiger partial charge in [-0.15, -0.1) is 0 Å². The summed E-state index contributed by atoms with van der Waals surface area (Å²) < 4.78 is 0. The van der Waals surface area contributed by atoms with Crippen LogP contribution >= 0.6 is 0 Å². The first-order valence-electron chi connectivity index (χ1n) is 9.93. The Morgan fingerprint density at radius 3 is 2.21 bits per heavy atom. The van der Waals surface area contributed by atoms with Crippen molar-refractivity contribution in [3.63, 3.8) is 0 Å². The van der Waals surface area contributed by atoms with E-state index >= 15 is 0 Å². The predicted octanol–water partition coefficient (Wildman–Crippen LogP) is 3.20. The van der Waals surface area contributed by atoms with Crippen LogP contribution in [-0.4, -0.2) is 45.3 Å². The number of aromatic nitrogens is 2. The third-order valence-corrected chi connectivity index (χ3v) is 6.14. The lowest BCUT2D eigenvalue weighted by Crippen LogP contribution is -2.61. The van der Waals surface area contributed by atoms with E-state index in [0.717, 1.165) is 24.1 Å². The third-order valence-electron chi connectivity index (χ3n) is 6.14. The van der Waals surface area contributed by atoms with E-state index in [1.54, 1.807) is 4.90 Å². The highest BCUT2D eigenvalue weighted by atomic mass is 16.2. The van der Waals surface area contributed by atoms with Gasteiger partial charge in [-0.1, -0.05) is 17.7 Å². The summed E-state index contributed by atoms with van der Waals surface area (Å²) in [6, 6.07) is 8.03. The minimum absolute atomic E-state index is 0.0422. The Bertz CT molecular complexity index is 904. The standard InChI is InChI=1S/C22H26N4O2/c1-15-6-8-18(9-7-15)25-12-4-10-22(21(25)28)11-5-13-26(22)20(27)19-16(2)23-14-24-17(19)3/h6-9,14H,4-5,10-13H2,1-3H3. The van der Waals surface area contributed by atoms with Crippen molar-refractivity contribution in [3.8, 4) is 0 Å². The number of carbonyl (C=O) groups excluding carboxylic acids is 2. The molecule has 0 bridgehead atoms. The quantitative estimate of drug-likeness (QED) is 0.805. The Morgan fingerprint density at radius 1 is 0.964 bits per heavy atom. The predicted molar refractivity (Wildman–Crippen MR) is 107 cm³/mol. The Morgan fingerprint density at radius 2 is 1.57 bits per heavy atom. The molecule has 0 N–H and O–H groups in total. The van der Waals surface area contributed by atoms with Crippen LogP contribution in [0.25, 0.3) is 0 Å². The fraction of sp³-hybridized carbons (Fsp3) is 0.455. The lowest BCUT2D eigenvalue weighted by atomic mass is 9.84. The Kier molecular flexibility index (Phi) is 4.65. The zero-order valence-electron chi connectivity index (χ0n) is 16.7. The van der Waals surface area contributed by atoms with E-state index in [0.29, 0.717) is 42.9 Å². The summed E-state index contributed by atoms with van der Waals surface area (Å²) in [6.45, 7) is 6.98. The maximum absolute atomic E-state index is 13.7. The molecule has 2 amide bonds. The van der Waals surface area contributed by atoms with E-state index in [4.69, 9.17) is 0 Å². The fourth-order valence-electron chi connectivity index (χ4n) is 4.65. The van der Waals surface area contributed by atoms with Gasteiger partial charge in [-0.05, 0) is 58.6 Å². The lowest BCUT2D eigenvalue weighted by Gasteiger charge is -2.44. The number of nitrogens with zero attached hydrogens (tertiary/aromatic N) is 4. The maximum atomic E-state index is 13.7. The van der Waals surface area contributed by atoms with E-state index in [2.05, 4.69) is 9.97 Å². The van der Waals surface area contributed by atoms with Crippen LogP contribution in [0.3, 0.4) is 0 Å². The van der Waals surface area contributed by atoms with Gasteiger partial charge in [0.1, 0.15) is 11.9 Å². The van der Waals surface area contributed by atoms with Crippen molar-refractivity contribution in [3.05, 3.63) is 53.1 Å². The fourth-order valence-corrected chi connectivity index (χ4v) is 4.65. The molecule has 2 aromatic rings. The molecule has 0 saturated carbocycles. The molecule has 3 heterocycles. The van der Waals surface area contributed by atoms with Gasteiger partial charge in [0.2, 0.25) is 0 Å². The summed E-state index contributed by atoms with van der Waals surface area (Å²) in [5.74, 6) is -0.0761. The number of piperidine rings is 1. The summed E-state index contributed by atoms with van der Waals surface area (Å²) in [6.07, 6.45) is 4.63. The van der Waals surface area contributed by atoms with Crippen LogP contribution in [0.5, 0.6) is 0 Å². The van der Waals surface area contributed by atoms with Crippen molar-refractivity contribution in [2.45, 2.75) is 52.0 Å². The molecular formula is C22H26N4O2. The maximum Gasteiger partial charge on any atom is 0.258 e. The number of likely N-dealkylation sites (tertiary alicyclic amines) is 1.